The molecule has 0 spiro atoms. The summed E-state index contributed by atoms with van der Waals surface area (Å²) in [6.45, 7) is 2.00. The maximum Gasteiger partial charge on any atom is 0.247 e. The van der Waals surface area contributed by atoms with Gasteiger partial charge in [0.2, 0.25) is 11.8 Å². The van der Waals surface area contributed by atoms with Gasteiger partial charge in [-0.25, -0.2) is 4.98 Å². The minimum Gasteiger partial charge on any atom is -0.420 e. The van der Waals surface area contributed by atoms with E-state index in [1.807, 2.05) is 42.8 Å². The van der Waals surface area contributed by atoms with Crippen LogP contribution in [0.5, 0.6) is 0 Å². The average molecular weight is 316 g/mol. The number of nitrogens with zero attached hydrogens (tertiary/aromatic N) is 4. The van der Waals surface area contributed by atoms with Gasteiger partial charge < -0.3 is 14.1 Å². The van der Waals surface area contributed by atoms with Gasteiger partial charge in [-0.3, -0.25) is 0 Å². The van der Waals surface area contributed by atoms with E-state index in [9.17, 15) is 0 Å². The zero-order chi connectivity index (χ0) is 15.5. The molecule has 22 heavy (non-hydrogen) atoms. The number of aliphatic hydroxyl groups excluding tert-OH is 1. The van der Waals surface area contributed by atoms with Crippen molar-refractivity contribution in [3.05, 3.63) is 47.6 Å². The van der Waals surface area contributed by atoms with E-state index in [1.54, 1.807) is 6.20 Å². The summed E-state index contributed by atoms with van der Waals surface area (Å²) in [7, 11) is 1.87. The van der Waals surface area contributed by atoms with Gasteiger partial charge in [0, 0.05) is 12.6 Å². The Morgan fingerprint density at radius 1 is 1.32 bits per heavy atom. The zero-order valence-electron chi connectivity index (χ0n) is 12.4. The Kier molecular flexibility index (Phi) is 4.26. The lowest BCUT2D eigenvalue weighted by atomic mass is 10.1. The van der Waals surface area contributed by atoms with E-state index in [1.165, 1.54) is 11.8 Å². The first kappa shape index (κ1) is 14.8. The second-order valence-corrected chi connectivity index (χ2v) is 5.85. The molecule has 1 N–H and O–H groups in total. The molecule has 0 saturated heterocycles. The summed E-state index contributed by atoms with van der Waals surface area (Å²) in [4.78, 5) is 4.25. The van der Waals surface area contributed by atoms with Gasteiger partial charge in [-0.05, 0) is 19.1 Å². The quantitative estimate of drug-likeness (QED) is 0.729. The molecule has 7 heteroatoms. The molecule has 0 unspecified atom stereocenters. The molecule has 0 bridgehead atoms. The van der Waals surface area contributed by atoms with E-state index in [0.29, 0.717) is 17.5 Å². The van der Waals surface area contributed by atoms with Gasteiger partial charge in [0.05, 0.1) is 24.3 Å². The van der Waals surface area contributed by atoms with Crippen molar-refractivity contribution in [2.24, 2.45) is 7.05 Å². The van der Waals surface area contributed by atoms with E-state index < -0.39 is 0 Å². The number of imidazole rings is 1. The Morgan fingerprint density at radius 3 is 2.91 bits per heavy atom. The fourth-order valence-electron chi connectivity index (χ4n) is 2.04. The Hall–Kier alpha value is -2.12. The zero-order valence-corrected chi connectivity index (χ0v) is 13.2. The van der Waals surface area contributed by atoms with Gasteiger partial charge >= 0.3 is 0 Å². The second kappa shape index (κ2) is 6.33. The van der Waals surface area contributed by atoms with Crippen LogP contribution in [0.1, 0.15) is 17.1 Å². The minimum atomic E-state index is -0.0257. The molecule has 3 rings (SSSR count). The van der Waals surface area contributed by atoms with Crippen molar-refractivity contribution >= 4 is 11.8 Å². The molecule has 0 saturated carbocycles. The first-order chi connectivity index (χ1) is 10.7. The molecule has 114 valence electrons. The van der Waals surface area contributed by atoms with Gasteiger partial charge in [0.15, 0.2) is 5.16 Å². The summed E-state index contributed by atoms with van der Waals surface area (Å²) in [6, 6.07) is 7.95. The van der Waals surface area contributed by atoms with Crippen LogP contribution in [0.25, 0.3) is 11.5 Å². The number of hydrogen-bond acceptors (Lipinski definition) is 6. The summed E-state index contributed by atoms with van der Waals surface area (Å²) >= 11 is 1.49. The van der Waals surface area contributed by atoms with Crippen LogP contribution in [0.2, 0.25) is 0 Å². The largest absolute Gasteiger partial charge is 0.420 e. The van der Waals surface area contributed by atoms with Gasteiger partial charge in [-0.15, -0.1) is 10.2 Å². The Morgan fingerprint density at radius 2 is 2.18 bits per heavy atom. The van der Waals surface area contributed by atoms with Crippen molar-refractivity contribution < 1.29 is 9.52 Å². The minimum absolute atomic E-state index is 0.0257. The normalized spacial score (nSPS) is 11.0. The lowest BCUT2D eigenvalue weighted by Crippen LogP contribution is -1.97. The fraction of sp³-hybridized carbons (Fsp3) is 0.267. The number of rotatable bonds is 5. The SMILES string of the molecule is Cc1cccc(-c2nnc(CSc3ncc(CO)n3C)o2)c1. The van der Waals surface area contributed by atoms with Crippen LogP contribution in [0.15, 0.2) is 40.0 Å². The fourth-order valence-corrected chi connectivity index (χ4v) is 2.85. The number of hydrogen-bond donors (Lipinski definition) is 1. The molecule has 1 aromatic carbocycles. The molecule has 0 fully saturated rings. The van der Waals surface area contributed by atoms with E-state index >= 15 is 0 Å². The van der Waals surface area contributed by atoms with Crippen LogP contribution in [-0.2, 0) is 19.4 Å². The third-order valence-corrected chi connectivity index (χ3v) is 4.29. The predicted molar refractivity (Wildman–Crippen MR) is 83.2 cm³/mol. The number of aromatic nitrogens is 4. The molecule has 0 aliphatic rings. The maximum absolute atomic E-state index is 9.16. The van der Waals surface area contributed by atoms with Gasteiger partial charge in [-0.1, -0.05) is 29.5 Å². The standard InChI is InChI=1S/C15H16N4O2S/c1-10-4-3-5-11(6-10)14-18-17-13(21-14)9-22-15-16-7-12(8-20)19(15)2/h3-7,20H,8-9H2,1-2H3. The van der Waals surface area contributed by atoms with Crippen LogP contribution < -0.4 is 0 Å². The van der Waals surface area contributed by atoms with Crippen LogP contribution >= 0.6 is 11.8 Å². The summed E-state index contributed by atoms with van der Waals surface area (Å²) < 4.78 is 7.54. The van der Waals surface area contributed by atoms with Crippen molar-refractivity contribution in [2.45, 2.75) is 24.4 Å². The summed E-state index contributed by atoms with van der Waals surface area (Å²) in [5, 5.41) is 18.1. The number of benzene rings is 1. The Balaban J connectivity index is 1.70. The third kappa shape index (κ3) is 3.05. The Labute approximate surface area is 132 Å². The number of thioether (sulfide) groups is 1. The molecule has 0 amide bonds. The Bertz CT molecular complexity index is 781. The lowest BCUT2D eigenvalue weighted by molar-refractivity contribution is 0.271. The molecular formula is C15H16N4O2S. The summed E-state index contributed by atoms with van der Waals surface area (Å²) in [6.07, 6.45) is 1.66. The molecule has 0 atom stereocenters. The molecule has 0 aliphatic carbocycles. The van der Waals surface area contributed by atoms with Gasteiger partial charge in [0.1, 0.15) is 0 Å². The molecule has 3 aromatic rings. The van der Waals surface area contributed by atoms with E-state index in [-0.39, 0.29) is 6.61 Å². The topological polar surface area (TPSA) is 77.0 Å². The molecule has 0 aliphatic heterocycles. The molecule has 2 heterocycles. The number of aryl methyl sites for hydroxylation is 1. The summed E-state index contributed by atoms with van der Waals surface area (Å²) in [5.41, 5.74) is 2.84. The van der Waals surface area contributed by atoms with Crippen molar-refractivity contribution in [2.75, 3.05) is 0 Å². The van der Waals surface area contributed by atoms with Gasteiger partial charge in [-0.2, -0.15) is 0 Å². The first-order valence-electron chi connectivity index (χ1n) is 6.81. The van der Waals surface area contributed by atoms with E-state index in [4.69, 9.17) is 9.52 Å². The van der Waals surface area contributed by atoms with Crippen LogP contribution in [0, 0.1) is 6.92 Å². The van der Waals surface area contributed by atoms with Crippen molar-refractivity contribution in [1.82, 2.24) is 19.7 Å². The highest BCUT2D eigenvalue weighted by Gasteiger charge is 2.11. The second-order valence-electron chi connectivity index (χ2n) is 4.91. The van der Waals surface area contributed by atoms with Crippen molar-refractivity contribution in [3.63, 3.8) is 0 Å². The predicted octanol–water partition coefficient (Wildman–Crippen LogP) is 2.56. The van der Waals surface area contributed by atoms with Crippen molar-refractivity contribution in [1.29, 1.82) is 0 Å². The highest BCUT2D eigenvalue weighted by Crippen LogP contribution is 2.24. The van der Waals surface area contributed by atoms with Gasteiger partial charge in [0.25, 0.3) is 0 Å². The van der Waals surface area contributed by atoms with Crippen LogP contribution in [0.3, 0.4) is 0 Å². The smallest absolute Gasteiger partial charge is 0.247 e. The van der Waals surface area contributed by atoms with Crippen LogP contribution in [0.4, 0.5) is 0 Å². The van der Waals surface area contributed by atoms with E-state index in [0.717, 1.165) is 22.0 Å². The third-order valence-electron chi connectivity index (χ3n) is 3.26. The van der Waals surface area contributed by atoms with Crippen molar-refractivity contribution in [3.8, 4) is 11.5 Å². The highest BCUT2D eigenvalue weighted by atomic mass is 32.2. The number of aliphatic hydroxyl groups is 1. The first-order valence-corrected chi connectivity index (χ1v) is 7.79. The highest BCUT2D eigenvalue weighted by molar-refractivity contribution is 7.98. The van der Waals surface area contributed by atoms with E-state index in [2.05, 4.69) is 15.2 Å². The van der Waals surface area contributed by atoms with Crippen LogP contribution in [-0.4, -0.2) is 24.9 Å². The molecular weight excluding hydrogens is 300 g/mol. The molecule has 2 aromatic heterocycles. The monoisotopic (exact) mass is 316 g/mol. The molecule has 6 nitrogen and oxygen atoms in total. The average Bonchev–Trinajstić information content (AvgIpc) is 3.12. The molecule has 0 radical (unpaired) electrons. The maximum atomic E-state index is 9.16. The lowest BCUT2D eigenvalue weighted by Gasteiger charge is -2.01. The summed E-state index contributed by atoms with van der Waals surface area (Å²) in [5.74, 6) is 1.61.